The van der Waals surface area contributed by atoms with E-state index in [4.69, 9.17) is 0 Å². The van der Waals surface area contributed by atoms with E-state index in [1.54, 1.807) is 10.5 Å². The highest BCUT2D eigenvalue weighted by atomic mass is 32.2. The Balaban J connectivity index is 1.86. The number of piperidine rings is 1. The van der Waals surface area contributed by atoms with Crippen molar-refractivity contribution in [2.24, 2.45) is 5.92 Å². The fraction of sp³-hybridized carbons (Fsp3) is 0.700. The molecular formula is C10H17N3O2S. The van der Waals surface area contributed by atoms with Gasteiger partial charge in [-0.15, -0.1) is 0 Å². The number of nitrogens with zero attached hydrogens (tertiary/aromatic N) is 3. The molecule has 0 aliphatic carbocycles. The molecule has 0 saturated carbocycles. The number of hydrogen-bond acceptors (Lipinski definition) is 3. The lowest BCUT2D eigenvalue weighted by molar-refractivity contribution is 0.248. The van der Waals surface area contributed by atoms with E-state index in [1.165, 1.54) is 6.26 Å². The summed E-state index contributed by atoms with van der Waals surface area (Å²) in [4.78, 5) is 0. The number of rotatable bonds is 3. The third-order valence-corrected chi connectivity index (χ3v) is 4.35. The number of aromatic nitrogens is 2. The van der Waals surface area contributed by atoms with E-state index in [0.29, 0.717) is 19.0 Å². The zero-order valence-corrected chi connectivity index (χ0v) is 10.2. The smallest absolute Gasteiger partial charge is 0.211 e. The quantitative estimate of drug-likeness (QED) is 0.779. The molecule has 0 radical (unpaired) electrons. The molecule has 1 aliphatic heterocycles. The van der Waals surface area contributed by atoms with E-state index in [2.05, 4.69) is 5.10 Å². The van der Waals surface area contributed by atoms with E-state index >= 15 is 0 Å². The average Bonchev–Trinajstić information content (AvgIpc) is 2.70. The van der Waals surface area contributed by atoms with Gasteiger partial charge in [-0.2, -0.15) is 5.10 Å². The first-order valence-corrected chi connectivity index (χ1v) is 7.33. The first-order chi connectivity index (χ1) is 7.55. The Morgan fingerprint density at radius 2 is 2.06 bits per heavy atom. The van der Waals surface area contributed by atoms with Gasteiger partial charge in [-0.25, -0.2) is 12.7 Å². The molecule has 1 saturated heterocycles. The van der Waals surface area contributed by atoms with Crippen LogP contribution in [0.5, 0.6) is 0 Å². The second kappa shape index (κ2) is 4.55. The maximum atomic E-state index is 11.3. The minimum atomic E-state index is -3.00. The van der Waals surface area contributed by atoms with E-state index in [1.807, 2.05) is 16.9 Å². The highest BCUT2D eigenvalue weighted by molar-refractivity contribution is 7.88. The third kappa shape index (κ3) is 2.82. The lowest BCUT2D eigenvalue weighted by atomic mass is 9.98. The summed E-state index contributed by atoms with van der Waals surface area (Å²) in [5, 5.41) is 4.16. The lowest BCUT2D eigenvalue weighted by Gasteiger charge is -2.30. The Hall–Kier alpha value is -0.880. The number of hydrogen-bond donors (Lipinski definition) is 0. The molecule has 0 spiro atoms. The van der Waals surface area contributed by atoms with Crippen molar-refractivity contribution >= 4 is 10.0 Å². The fourth-order valence-corrected chi connectivity index (χ4v) is 2.97. The van der Waals surface area contributed by atoms with Crippen molar-refractivity contribution in [1.29, 1.82) is 0 Å². The average molecular weight is 243 g/mol. The zero-order valence-electron chi connectivity index (χ0n) is 9.41. The molecule has 5 nitrogen and oxygen atoms in total. The van der Waals surface area contributed by atoms with Crippen LogP contribution < -0.4 is 0 Å². The molecule has 2 heterocycles. The highest BCUT2D eigenvalue weighted by Gasteiger charge is 2.24. The largest absolute Gasteiger partial charge is 0.272 e. The van der Waals surface area contributed by atoms with E-state index in [-0.39, 0.29) is 0 Å². The van der Waals surface area contributed by atoms with Crippen LogP contribution >= 0.6 is 0 Å². The maximum Gasteiger partial charge on any atom is 0.211 e. The monoisotopic (exact) mass is 243 g/mol. The summed E-state index contributed by atoms with van der Waals surface area (Å²) in [7, 11) is -3.00. The Bertz CT molecular complexity index is 419. The van der Waals surface area contributed by atoms with Gasteiger partial charge in [0.05, 0.1) is 6.26 Å². The fourth-order valence-electron chi connectivity index (χ4n) is 2.10. The molecule has 0 unspecified atom stereocenters. The van der Waals surface area contributed by atoms with Crippen molar-refractivity contribution in [1.82, 2.24) is 14.1 Å². The Morgan fingerprint density at radius 1 is 1.38 bits per heavy atom. The molecule has 90 valence electrons. The van der Waals surface area contributed by atoms with Gasteiger partial charge in [0.15, 0.2) is 0 Å². The predicted molar refractivity (Wildman–Crippen MR) is 61.4 cm³/mol. The molecular weight excluding hydrogens is 226 g/mol. The summed E-state index contributed by atoms with van der Waals surface area (Å²) in [6.45, 7) is 2.18. The second-order valence-corrected chi connectivity index (χ2v) is 6.32. The molecule has 0 atom stereocenters. The van der Waals surface area contributed by atoms with Crippen molar-refractivity contribution in [3.05, 3.63) is 18.5 Å². The summed E-state index contributed by atoms with van der Waals surface area (Å²) in [6, 6.07) is 1.91. The minimum absolute atomic E-state index is 0.540. The minimum Gasteiger partial charge on any atom is -0.272 e. The van der Waals surface area contributed by atoms with Gasteiger partial charge < -0.3 is 0 Å². The molecule has 0 bridgehead atoms. The first kappa shape index (κ1) is 11.6. The molecule has 2 rings (SSSR count). The van der Waals surface area contributed by atoms with Gasteiger partial charge in [-0.3, -0.25) is 4.68 Å². The second-order valence-electron chi connectivity index (χ2n) is 4.33. The molecule has 0 amide bonds. The van der Waals surface area contributed by atoms with Crippen LogP contribution in [0.1, 0.15) is 12.8 Å². The van der Waals surface area contributed by atoms with Crippen LogP contribution in [0.3, 0.4) is 0 Å². The van der Waals surface area contributed by atoms with Crippen molar-refractivity contribution in [3.8, 4) is 0 Å². The molecule has 1 aliphatic rings. The van der Waals surface area contributed by atoms with Crippen molar-refractivity contribution in [2.45, 2.75) is 19.4 Å². The molecule has 1 aromatic rings. The Kier molecular flexibility index (Phi) is 3.30. The summed E-state index contributed by atoms with van der Waals surface area (Å²) in [5.41, 5.74) is 0. The highest BCUT2D eigenvalue weighted by Crippen LogP contribution is 2.20. The van der Waals surface area contributed by atoms with E-state index < -0.39 is 10.0 Å². The molecule has 0 N–H and O–H groups in total. The molecule has 1 aromatic heterocycles. The van der Waals surface area contributed by atoms with Crippen molar-refractivity contribution in [3.63, 3.8) is 0 Å². The van der Waals surface area contributed by atoms with Gasteiger partial charge in [0.1, 0.15) is 0 Å². The first-order valence-electron chi connectivity index (χ1n) is 5.48. The maximum absolute atomic E-state index is 11.3. The zero-order chi connectivity index (χ0) is 11.6. The Labute approximate surface area is 96.1 Å². The molecule has 0 aromatic carbocycles. The van der Waals surface area contributed by atoms with Crippen LogP contribution in [0.2, 0.25) is 0 Å². The SMILES string of the molecule is CS(=O)(=O)N1CCC(Cn2cccn2)CC1. The standard InChI is InChI=1S/C10H17N3O2S/c1-16(14,15)13-7-3-10(4-8-13)9-12-6-2-5-11-12/h2,5-6,10H,3-4,7-9H2,1H3. The van der Waals surface area contributed by atoms with Crippen LogP contribution in [0.4, 0.5) is 0 Å². The van der Waals surface area contributed by atoms with Gasteiger partial charge in [0.25, 0.3) is 0 Å². The summed E-state index contributed by atoms with van der Waals surface area (Å²) in [6.07, 6.45) is 6.84. The van der Waals surface area contributed by atoms with Crippen LogP contribution in [-0.4, -0.2) is 41.8 Å². The third-order valence-electron chi connectivity index (χ3n) is 3.05. The van der Waals surface area contributed by atoms with Gasteiger partial charge in [-0.1, -0.05) is 0 Å². The summed E-state index contributed by atoms with van der Waals surface area (Å²) >= 11 is 0. The van der Waals surface area contributed by atoms with Crippen LogP contribution in [0.25, 0.3) is 0 Å². The molecule has 16 heavy (non-hydrogen) atoms. The normalized spacial score (nSPS) is 20.1. The summed E-state index contributed by atoms with van der Waals surface area (Å²) in [5.74, 6) is 0.540. The van der Waals surface area contributed by atoms with E-state index in [0.717, 1.165) is 19.4 Å². The van der Waals surface area contributed by atoms with Gasteiger partial charge in [0.2, 0.25) is 10.0 Å². The van der Waals surface area contributed by atoms with Gasteiger partial charge in [-0.05, 0) is 24.8 Å². The molecule has 6 heteroatoms. The van der Waals surface area contributed by atoms with Crippen LogP contribution in [-0.2, 0) is 16.6 Å². The Morgan fingerprint density at radius 3 is 2.56 bits per heavy atom. The molecule has 1 fully saturated rings. The van der Waals surface area contributed by atoms with Crippen LogP contribution in [0.15, 0.2) is 18.5 Å². The van der Waals surface area contributed by atoms with Gasteiger partial charge >= 0.3 is 0 Å². The topological polar surface area (TPSA) is 55.2 Å². The van der Waals surface area contributed by atoms with E-state index in [9.17, 15) is 8.42 Å². The summed E-state index contributed by atoms with van der Waals surface area (Å²) < 4.78 is 26.1. The van der Waals surface area contributed by atoms with Crippen molar-refractivity contribution < 1.29 is 8.42 Å². The van der Waals surface area contributed by atoms with Crippen LogP contribution in [0, 0.1) is 5.92 Å². The lowest BCUT2D eigenvalue weighted by Crippen LogP contribution is -2.38. The van der Waals surface area contributed by atoms with Gasteiger partial charge in [0, 0.05) is 32.0 Å². The predicted octanol–water partition coefficient (Wildman–Crippen LogP) is 0.555. The van der Waals surface area contributed by atoms with Crippen molar-refractivity contribution in [2.75, 3.05) is 19.3 Å². The number of sulfonamides is 1.